The molecule has 0 saturated carbocycles. The molecule has 2 aromatic rings. The van der Waals surface area contributed by atoms with E-state index in [2.05, 4.69) is 0 Å². The maximum Gasteiger partial charge on any atom is 0.525 e. The minimum absolute atomic E-state index is 0.431. The van der Waals surface area contributed by atoms with Crippen LogP contribution in [0, 0.1) is 6.92 Å². The first kappa shape index (κ1) is 15.3. The Labute approximate surface area is 130 Å². The van der Waals surface area contributed by atoms with Crippen LogP contribution in [0.1, 0.15) is 38.8 Å². The monoisotopic (exact) mass is 302 g/mol. The highest BCUT2D eigenvalue weighted by Crippen LogP contribution is 2.39. The average molecular weight is 302 g/mol. The molecule has 0 bridgehead atoms. The SMILES string of the molecule is Cc1coc2ccc(C=C(F)B3OC(C)(C)C(C)(C)O3)cc12. The van der Waals surface area contributed by atoms with Gasteiger partial charge in [-0.15, -0.1) is 0 Å². The molecule has 116 valence electrons. The van der Waals surface area contributed by atoms with Crippen molar-refractivity contribution in [1.82, 2.24) is 0 Å². The van der Waals surface area contributed by atoms with Crippen LogP contribution in [-0.4, -0.2) is 18.3 Å². The van der Waals surface area contributed by atoms with Gasteiger partial charge in [0.25, 0.3) is 0 Å². The molecule has 0 spiro atoms. The Bertz CT molecular complexity index is 729. The first-order valence-electron chi connectivity index (χ1n) is 7.40. The summed E-state index contributed by atoms with van der Waals surface area (Å²) in [6, 6.07) is 5.56. The number of rotatable bonds is 2. The summed E-state index contributed by atoms with van der Waals surface area (Å²) in [5, 5.41) is 0.982. The quantitative estimate of drug-likeness (QED) is 0.755. The number of furan rings is 1. The van der Waals surface area contributed by atoms with Crippen molar-refractivity contribution in [3.05, 3.63) is 41.3 Å². The highest BCUT2D eigenvalue weighted by molar-refractivity contribution is 6.54. The van der Waals surface area contributed by atoms with Crippen molar-refractivity contribution >= 4 is 24.2 Å². The van der Waals surface area contributed by atoms with E-state index in [1.165, 1.54) is 6.08 Å². The highest BCUT2D eigenvalue weighted by atomic mass is 19.1. The molecule has 3 nitrogen and oxygen atoms in total. The molecule has 1 aliphatic rings. The van der Waals surface area contributed by atoms with Crippen LogP contribution in [0.25, 0.3) is 17.0 Å². The lowest BCUT2D eigenvalue weighted by atomic mass is 9.86. The molecule has 2 heterocycles. The lowest BCUT2D eigenvalue weighted by molar-refractivity contribution is 0.00578. The number of benzene rings is 1. The molecule has 0 N–H and O–H groups in total. The van der Waals surface area contributed by atoms with Gasteiger partial charge in [0.2, 0.25) is 0 Å². The van der Waals surface area contributed by atoms with E-state index in [1.54, 1.807) is 6.26 Å². The fourth-order valence-corrected chi connectivity index (χ4v) is 2.45. The topological polar surface area (TPSA) is 31.6 Å². The summed E-state index contributed by atoms with van der Waals surface area (Å²) in [5.41, 5.74) is 1.05. The normalized spacial score (nSPS) is 20.8. The average Bonchev–Trinajstić information content (AvgIpc) is 2.88. The molecule has 1 saturated heterocycles. The third-order valence-corrected chi connectivity index (χ3v) is 4.57. The predicted octanol–water partition coefficient (Wildman–Crippen LogP) is 4.68. The van der Waals surface area contributed by atoms with Crippen LogP contribution < -0.4 is 0 Å². The summed E-state index contributed by atoms with van der Waals surface area (Å²) < 4.78 is 31.3. The molecule has 22 heavy (non-hydrogen) atoms. The van der Waals surface area contributed by atoms with Crippen LogP contribution in [0.3, 0.4) is 0 Å². The Morgan fingerprint density at radius 1 is 1.14 bits per heavy atom. The molecule has 0 radical (unpaired) electrons. The van der Waals surface area contributed by atoms with Crippen LogP contribution in [0.4, 0.5) is 4.39 Å². The zero-order valence-electron chi connectivity index (χ0n) is 13.6. The summed E-state index contributed by atoms with van der Waals surface area (Å²) in [6.07, 6.45) is 3.15. The summed E-state index contributed by atoms with van der Waals surface area (Å²) in [4.78, 5) is 0. The Morgan fingerprint density at radius 2 is 1.77 bits per heavy atom. The molecular weight excluding hydrogens is 282 g/mol. The van der Waals surface area contributed by atoms with Gasteiger partial charge >= 0.3 is 7.12 Å². The fraction of sp³-hybridized carbons (Fsp3) is 0.412. The molecule has 0 atom stereocenters. The maximum absolute atomic E-state index is 14.5. The number of hydrogen-bond donors (Lipinski definition) is 0. The van der Waals surface area contributed by atoms with Crippen molar-refractivity contribution in [2.45, 2.75) is 45.8 Å². The molecule has 0 aliphatic carbocycles. The van der Waals surface area contributed by atoms with Gasteiger partial charge in [0.15, 0.2) is 0 Å². The predicted molar refractivity (Wildman–Crippen MR) is 86.1 cm³/mol. The third-order valence-electron chi connectivity index (χ3n) is 4.57. The van der Waals surface area contributed by atoms with Gasteiger partial charge in [-0.1, -0.05) is 6.07 Å². The summed E-state index contributed by atoms with van der Waals surface area (Å²) in [5.74, 6) is 0. The van der Waals surface area contributed by atoms with Gasteiger partial charge in [-0.2, -0.15) is 0 Å². The van der Waals surface area contributed by atoms with Crippen molar-refractivity contribution in [3.63, 3.8) is 0 Å². The maximum atomic E-state index is 14.5. The molecule has 0 amide bonds. The largest absolute Gasteiger partial charge is 0.525 e. The van der Waals surface area contributed by atoms with E-state index in [4.69, 9.17) is 13.7 Å². The second-order valence-corrected chi connectivity index (χ2v) is 6.79. The van der Waals surface area contributed by atoms with Gasteiger partial charge < -0.3 is 13.7 Å². The lowest BCUT2D eigenvalue weighted by Gasteiger charge is -2.32. The molecule has 1 aliphatic heterocycles. The third kappa shape index (κ3) is 2.48. The summed E-state index contributed by atoms with van der Waals surface area (Å²) in [6.45, 7) is 9.58. The molecule has 1 aromatic carbocycles. The van der Waals surface area contributed by atoms with E-state index in [0.29, 0.717) is 0 Å². The summed E-state index contributed by atoms with van der Waals surface area (Å²) in [7, 11) is -0.967. The second-order valence-electron chi connectivity index (χ2n) is 6.79. The van der Waals surface area contributed by atoms with E-state index >= 15 is 0 Å². The first-order chi connectivity index (χ1) is 10.2. The van der Waals surface area contributed by atoms with Gasteiger partial charge in [-0.3, -0.25) is 0 Å². The number of fused-ring (bicyclic) bond motifs is 1. The van der Waals surface area contributed by atoms with Crippen molar-refractivity contribution in [3.8, 4) is 0 Å². The molecule has 1 aromatic heterocycles. The van der Waals surface area contributed by atoms with Crippen LogP contribution in [-0.2, 0) is 9.31 Å². The molecule has 1 fully saturated rings. The summed E-state index contributed by atoms with van der Waals surface area (Å²) >= 11 is 0. The van der Waals surface area contributed by atoms with Crippen LogP contribution in [0.15, 0.2) is 34.6 Å². The van der Waals surface area contributed by atoms with Crippen LogP contribution >= 0.6 is 0 Å². The minimum atomic E-state index is -0.967. The smallest absolute Gasteiger partial charge is 0.464 e. The van der Waals surface area contributed by atoms with Gasteiger partial charge in [-0.05, 0) is 64.0 Å². The van der Waals surface area contributed by atoms with E-state index in [-0.39, 0.29) is 0 Å². The van der Waals surface area contributed by atoms with Gasteiger partial charge in [0.1, 0.15) is 11.3 Å². The van der Waals surface area contributed by atoms with Gasteiger partial charge in [0, 0.05) is 5.39 Å². The van der Waals surface area contributed by atoms with Crippen molar-refractivity contribution in [1.29, 1.82) is 0 Å². The Kier molecular flexibility index (Phi) is 3.46. The van der Waals surface area contributed by atoms with Crippen molar-refractivity contribution < 1.29 is 18.1 Å². The Balaban J connectivity index is 1.89. The van der Waals surface area contributed by atoms with Crippen LogP contribution in [0.5, 0.6) is 0 Å². The molecular formula is C17H20BFO3. The number of halogens is 1. The molecule has 0 unspecified atom stereocenters. The number of aryl methyl sites for hydroxylation is 1. The Hall–Kier alpha value is -1.59. The fourth-order valence-electron chi connectivity index (χ4n) is 2.45. The molecule has 3 rings (SSSR count). The van der Waals surface area contributed by atoms with E-state index < -0.39 is 24.0 Å². The van der Waals surface area contributed by atoms with Gasteiger partial charge in [0.05, 0.1) is 17.5 Å². The zero-order chi connectivity index (χ0) is 16.1. The second kappa shape index (κ2) is 4.96. The first-order valence-corrected chi connectivity index (χ1v) is 7.40. The lowest BCUT2D eigenvalue weighted by Crippen LogP contribution is -2.41. The van der Waals surface area contributed by atoms with E-state index in [9.17, 15) is 4.39 Å². The molecule has 5 heteroatoms. The number of hydrogen-bond acceptors (Lipinski definition) is 3. The van der Waals surface area contributed by atoms with Crippen molar-refractivity contribution in [2.24, 2.45) is 0 Å². The van der Waals surface area contributed by atoms with E-state index in [0.717, 1.165) is 22.1 Å². The standard InChI is InChI=1S/C17H20BFO3/c1-11-10-20-14-7-6-12(8-13(11)14)9-15(19)18-21-16(2,3)17(4,5)22-18/h6-10H,1-5H3. The van der Waals surface area contributed by atoms with Crippen molar-refractivity contribution in [2.75, 3.05) is 0 Å². The van der Waals surface area contributed by atoms with Crippen LogP contribution in [0.2, 0.25) is 0 Å². The highest BCUT2D eigenvalue weighted by Gasteiger charge is 2.53. The van der Waals surface area contributed by atoms with Gasteiger partial charge in [-0.25, -0.2) is 4.39 Å². The Morgan fingerprint density at radius 3 is 2.41 bits per heavy atom. The zero-order valence-corrected chi connectivity index (χ0v) is 13.6. The van der Waals surface area contributed by atoms with E-state index in [1.807, 2.05) is 52.8 Å². The minimum Gasteiger partial charge on any atom is -0.464 e.